The second kappa shape index (κ2) is 5.80. The zero-order valence-electron chi connectivity index (χ0n) is 10.0. The lowest BCUT2D eigenvalue weighted by atomic mass is 10.1. The first-order chi connectivity index (χ1) is 8.74. The highest BCUT2D eigenvalue weighted by Crippen LogP contribution is 2.17. The molecule has 1 aromatic carbocycles. The van der Waals surface area contributed by atoms with Crippen LogP contribution in [0.15, 0.2) is 35.1 Å². The Hall–Kier alpha value is -1.64. The standard InChI is InChI=1S/C13H13BrN4/c1-2-16-7-10-3-4-13(11(5-10)6-15)18-9-12(14)8-17-18/h3-5,8-9,16H,2,7H2,1H3. The van der Waals surface area contributed by atoms with Crippen molar-refractivity contribution in [1.82, 2.24) is 15.1 Å². The van der Waals surface area contributed by atoms with Crippen LogP contribution in [-0.2, 0) is 6.54 Å². The van der Waals surface area contributed by atoms with E-state index in [1.165, 1.54) is 0 Å². The van der Waals surface area contributed by atoms with Crippen LogP contribution in [0.2, 0.25) is 0 Å². The van der Waals surface area contributed by atoms with E-state index in [1.807, 2.05) is 24.4 Å². The highest BCUT2D eigenvalue weighted by Gasteiger charge is 2.06. The predicted molar refractivity (Wildman–Crippen MR) is 73.4 cm³/mol. The molecule has 0 aliphatic carbocycles. The molecule has 18 heavy (non-hydrogen) atoms. The average molecular weight is 305 g/mol. The van der Waals surface area contributed by atoms with Gasteiger partial charge in [-0.2, -0.15) is 10.4 Å². The minimum absolute atomic E-state index is 0.626. The van der Waals surface area contributed by atoms with Gasteiger partial charge in [0.25, 0.3) is 0 Å². The van der Waals surface area contributed by atoms with Gasteiger partial charge in [0, 0.05) is 12.7 Å². The van der Waals surface area contributed by atoms with Crippen molar-refractivity contribution in [2.24, 2.45) is 0 Å². The molecule has 2 rings (SSSR count). The van der Waals surface area contributed by atoms with E-state index in [-0.39, 0.29) is 0 Å². The van der Waals surface area contributed by atoms with Crippen molar-refractivity contribution in [3.8, 4) is 11.8 Å². The summed E-state index contributed by atoms with van der Waals surface area (Å²) in [6, 6.07) is 8.04. The topological polar surface area (TPSA) is 53.6 Å². The molecule has 0 saturated carbocycles. The Kier molecular flexibility index (Phi) is 4.13. The second-order valence-electron chi connectivity index (χ2n) is 3.85. The van der Waals surface area contributed by atoms with Crippen LogP contribution in [0.25, 0.3) is 5.69 Å². The first kappa shape index (κ1) is 12.8. The molecule has 0 spiro atoms. The SMILES string of the molecule is CCNCc1ccc(-n2cc(Br)cn2)c(C#N)c1. The summed E-state index contributed by atoms with van der Waals surface area (Å²) in [7, 11) is 0. The summed E-state index contributed by atoms with van der Waals surface area (Å²) in [6.45, 7) is 3.74. The summed E-state index contributed by atoms with van der Waals surface area (Å²) < 4.78 is 2.59. The Morgan fingerprint density at radius 2 is 2.33 bits per heavy atom. The van der Waals surface area contributed by atoms with Crippen LogP contribution < -0.4 is 5.32 Å². The van der Waals surface area contributed by atoms with Gasteiger partial charge in [-0.3, -0.25) is 0 Å². The Morgan fingerprint density at radius 3 is 2.94 bits per heavy atom. The number of halogens is 1. The molecule has 1 aromatic heterocycles. The van der Waals surface area contributed by atoms with Gasteiger partial charge in [0.05, 0.1) is 21.9 Å². The van der Waals surface area contributed by atoms with Gasteiger partial charge in [-0.15, -0.1) is 0 Å². The molecular weight excluding hydrogens is 292 g/mol. The Bertz CT molecular complexity index is 583. The van der Waals surface area contributed by atoms with Crippen molar-refractivity contribution in [1.29, 1.82) is 5.26 Å². The van der Waals surface area contributed by atoms with Crippen LogP contribution in [-0.4, -0.2) is 16.3 Å². The van der Waals surface area contributed by atoms with Crippen LogP contribution in [0.3, 0.4) is 0 Å². The van der Waals surface area contributed by atoms with Gasteiger partial charge in [0.2, 0.25) is 0 Å². The maximum Gasteiger partial charge on any atom is 0.101 e. The highest BCUT2D eigenvalue weighted by atomic mass is 79.9. The van der Waals surface area contributed by atoms with Crippen molar-refractivity contribution in [3.05, 3.63) is 46.2 Å². The van der Waals surface area contributed by atoms with Gasteiger partial charge >= 0.3 is 0 Å². The lowest BCUT2D eigenvalue weighted by molar-refractivity contribution is 0.726. The van der Waals surface area contributed by atoms with Crippen LogP contribution >= 0.6 is 15.9 Å². The fraction of sp³-hybridized carbons (Fsp3) is 0.231. The minimum Gasteiger partial charge on any atom is -0.313 e. The zero-order valence-corrected chi connectivity index (χ0v) is 11.6. The molecule has 2 aromatic rings. The van der Waals surface area contributed by atoms with E-state index in [4.69, 9.17) is 0 Å². The van der Waals surface area contributed by atoms with E-state index in [2.05, 4.69) is 39.3 Å². The third-order valence-electron chi connectivity index (χ3n) is 2.56. The number of aromatic nitrogens is 2. The van der Waals surface area contributed by atoms with Gasteiger partial charge in [-0.25, -0.2) is 4.68 Å². The number of hydrogen-bond acceptors (Lipinski definition) is 3. The van der Waals surface area contributed by atoms with Crippen molar-refractivity contribution in [2.75, 3.05) is 6.54 Å². The summed E-state index contributed by atoms with van der Waals surface area (Å²) >= 11 is 3.35. The molecule has 1 N–H and O–H groups in total. The zero-order chi connectivity index (χ0) is 13.0. The number of nitriles is 1. The third-order valence-corrected chi connectivity index (χ3v) is 2.97. The smallest absolute Gasteiger partial charge is 0.101 e. The van der Waals surface area contributed by atoms with E-state index in [0.29, 0.717) is 5.56 Å². The summed E-state index contributed by atoms with van der Waals surface area (Å²) in [5.41, 5.74) is 2.52. The Labute approximate surface area is 114 Å². The van der Waals surface area contributed by atoms with Crippen LogP contribution in [0.4, 0.5) is 0 Å². The molecule has 92 valence electrons. The van der Waals surface area contributed by atoms with Gasteiger partial charge < -0.3 is 5.32 Å². The molecule has 0 bridgehead atoms. The number of benzene rings is 1. The maximum atomic E-state index is 9.21. The number of nitrogens with one attached hydrogen (secondary N) is 1. The van der Waals surface area contributed by atoms with E-state index >= 15 is 0 Å². The molecule has 5 heteroatoms. The molecule has 0 atom stereocenters. The Balaban J connectivity index is 2.35. The maximum absolute atomic E-state index is 9.21. The van der Waals surface area contributed by atoms with Crippen molar-refractivity contribution in [3.63, 3.8) is 0 Å². The molecule has 0 radical (unpaired) electrons. The summed E-state index contributed by atoms with van der Waals surface area (Å²) in [4.78, 5) is 0. The van der Waals surface area contributed by atoms with Crippen LogP contribution in [0.1, 0.15) is 18.1 Å². The molecule has 4 nitrogen and oxygen atoms in total. The first-order valence-corrected chi connectivity index (χ1v) is 6.48. The third kappa shape index (κ3) is 2.78. The average Bonchev–Trinajstić information content (AvgIpc) is 2.82. The molecule has 0 fully saturated rings. The van der Waals surface area contributed by atoms with Crippen molar-refractivity contribution in [2.45, 2.75) is 13.5 Å². The monoisotopic (exact) mass is 304 g/mol. The normalized spacial score (nSPS) is 10.3. The molecular formula is C13H13BrN4. The van der Waals surface area contributed by atoms with E-state index in [1.54, 1.807) is 10.9 Å². The lowest BCUT2D eigenvalue weighted by Gasteiger charge is -2.07. The van der Waals surface area contributed by atoms with Gasteiger partial charge in [-0.1, -0.05) is 13.0 Å². The van der Waals surface area contributed by atoms with Gasteiger partial charge in [0.1, 0.15) is 6.07 Å². The largest absolute Gasteiger partial charge is 0.313 e. The summed E-state index contributed by atoms with van der Waals surface area (Å²) in [5, 5.41) is 16.6. The number of hydrogen-bond donors (Lipinski definition) is 1. The molecule has 0 unspecified atom stereocenters. The molecule has 0 amide bonds. The number of nitrogens with zero attached hydrogens (tertiary/aromatic N) is 3. The van der Waals surface area contributed by atoms with Gasteiger partial charge in [0.15, 0.2) is 0 Å². The van der Waals surface area contributed by atoms with Gasteiger partial charge in [-0.05, 0) is 40.2 Å². The quantitative estimate of drug-likeness (QED) is 0.944. The summed E-state index contributed by atoms with van der Waals surface area (Å²) in [6.07, 6.45) is 3.54. The molecule has 1 heterocycles. The van der Waals surface area contributed by atoms with E-state index < -0.39 is 0 Å². The van der Waals surface area contributed by atoms with E-state index in [9.17, 15) is 5.26 Å². The lowest BCUT2D eigenvalue weighted by Crippen LogP contribution is -2.12. The van der Waals surface area contributed by atoms with Crippen molar-refractivity contribution < 1.29 is 0 Å². The van der Waals surface area contributed by atoms with Crippen molar-refractivity contribution >= 4 is 15.9 Å². The summed E-state index contributed by atoms with van der Waals surface area (Å²) in [5.74, 6) is 0. The van der Waals surface area contributed by atoms with Crippen LogP contribution in [0.5, 0.6) is 0 Å². The fourth-order valence-electron chi connectivity index (χ4n) is 1.68. The first-order valence-electron chi connectivity index (χ1n) is 5.69. The fourth-order valence-corrected chi connectivity index (χ4v) is 1.97. The number of rotatable bonds is 4. The Morgan fingerprint density at radius 1 is 1.50 bits per heavy atom. The predicted octanol–water partition coefficient (Wildman–Crippen LogP) is 2.62. The highest BCUT2D eigenvalue weighted by molar-refractivity contribution is 9.10. The van der Waals surface area contributed by atoms with E-state index in [0.717, 1.165) is 28.8 Å². The molecule has 0 saturated heterocycles. The second-order valence-corrected chi connectivity index (χ2v) is 4.76. The van der Waals surface area contributed by atoms with Crippen LogP contribution in [0, 0.1) is 11.3 Å². The molecule has 0 aliphatic heterocycles. The molecule has 0 aliphatic rings. The minimum atomic E-state index is 0.626.